The SMILES string of the molecule is CC(CCCC(C)(O)CO)C1CCC2C3C(O)CC4CC(O)CCC4(C)C3CC(O)C12C. The zero-order valence-corrected chi connectivity index (χ0v) is 20.7. The Bertz CT molecular complexity index is 666. The number of hydrogen-bond donors (Lipinski definition) is 5. The second kappa shape index (κ2) is 8.78. The second-order valence-electron chi connectivity index (χ2n) is 13.1. The molecule has 0 radical (unpaired) electrons. The Balaban J connectivity index is 1.51. The molecule has 0 aliphatic heterocycles. The molecular weight excluding hydrogens is 404 g/mol. The van der Waals surface area contributed by atoms with Gasteiger partial charge in [0.05, 0.1) is 30.5 Å². The van der Waals surface area contributed by atoms with E-state index in [0.717, 1.165) is 57.8 Å². The van der Waals surface area contributed by atoms with Crippen LogP contribution in [0.5, 0.6) is 0 Å². The Kier molecular flexibility index (Phi) is 6.84. The molecule has 0 aromatic rings. The number of fused-ring (bicyclic) bond motifs is 5. The maximum absolute atomic E-state index is 11.6. The van der Waals surface area contributed by atoms with E-state index >= 15 is 0 Å². The van der Waals surface area contributed by atoms with E-state index in [1.54, 1.807) is 6.92 Å². The first-order valence-electron chi connectivity index (χ1n) is 13.3. The lowest BCUT2D eigenvalue weighted by Gasteiger charge is -2.63. The highest BCUT2D eigenvalue weighted by molar-refractivity contribution is 5.14. The molecule has 0 spiro atoms. The molecule has 4 fully saturated rings. The van der Waals surface area contributed by atoms with Gasteiger partial charge in [0.2, 0.25) is 0 Å². The van der Waals surface area contributed by atoms with Crippen LogP contribution in [0, 0.1) is 46.3 Å². The predicted molar refractivity (Wildman–Crippen MR) is 125 cm³/mol. The molecule has 32 heavy (non-hydrogen) atoms. The molecule has 5 heteroatoms. The highest BCUT2D eigenvalue weighted by atomic mass is 16.3. The minimum atomic E-state index is -1.01. The van der Waals surface area contributed by atoms with Crippen molar-refractivity contribution in [2.75, 3.05) is 6.61 Å². The van der Waals surface area contributed by atoms with E-state index in [0.29, 0.717) is 36.0 Å². The van der Waals surface area contributed by atoms with Gasteiger partial charge in [0.25, 0.3) is 0 Å². The molecule has 4 aliphatic rings. The third-order valence-corrected chi connectivity index (χ3v) is 11.2. The molecule has 186 valence electrons. The first kappa shape index (κ1) is 24.9. The lowest BCUT2D eigenvalue weighted by molar-refractivity contribution is -0.207. The summed E-state index contributed by atoms with van der Waals surface area (Å²) in [5.41, 5.74) is -1.06. The smallest absolute Gasteiger partial charge is 0.0849 e. The van der Waals surface area contributed by atoms with Crippen molar-refractivity contribution in [1.82, 2.24) is 0 Å². The summed E-state index contributed by atoms with van der Waals surface area (Å²) in [6, 6.07) is 0. The highest BCUT2D eigenvalue weighted by Gasteiger charge is 2.65. The molecule has 4 aliphatic carbocycles. The maximum Gasteiger partial charge on any atom is 0.0849 e. The molecule has 0 bridgehead atoms. The standard InChI is InChI=1S/C27H48O5/c1-16(6-5-10-25(2,32)15-28)19-7-8-20-24-21(14-23(31)27(19,20)4)26(3)11-9-18(29)12-17(26)13-22(24)30/h16-24,28-32H,5-15H2,1-4H3. The average molecular weight is 453 g/mol. The van der Waals surface area contributed by atoms with Crippen molar-refractivity contribution in [3.05, 3.63) is 0 Å². The molecule has 5 nitrogen and oxygen atoms in total. The van der Waals surface area contributed by atoms with E-state index in [1.807, 2.05) is 0 Å². The molecule has 0 heterocycles. The van der Waals surface area contributed by atoms with Crippen LogP contribution in [0.1, 0.15) is 91.9 Å². The van der Waals surface area contributed by atoms with Crippen molar-refractivity contribution in [3.8, 4) is 0 Å². The summed E-state index contributed by atoms with van der Waals surface area (Å²) >= 11 is 0. The van der Waals surface area contributed by atoms with Gasteiger partial charge in [0, 0.05) is 0 Å². The van der Waals surface area contributed by atoms with Crippen LogP contribution in [0.25, 0.3) is 0 Å². The van der Waals surface area contributed by atoms with Crippen LogP contribution < -0.4 is 0 Å². The molecule has 4 rings (SSSR count). The van der Waals surface area contributed by atoms with Crippen LogP contribution in [0.2, 0.25) is 0 Å². The summed E-state index contributed by atoms with van der Waals surface area (Å²) in [5, 5.41) is 52.7. The van der Waals surface area contributed by atoms with E-state index in [9.17, 15) is 25.5 Å². The van der Waals surface area contributed by atoms with Crippen molar-refractivity contribution in [3.63, 3.8) is 0 Å². The van der Waals surface area contributed by atoms with Gasteiger partial charge >= 0.3 is 0 Å². The molecular formula is C27H48O5. The number of hydrogen-bond acceptors (Lipinski definition) is 5. The first-order chi connectivity index (χ1) is 14.9. The fraction of sp³-hybridized carbons (Fsp3) is 1.00. The van der Waals surface area contributed by atoms with Crippen molar-refractivity contribution in [1.29, 1.82) is 0 Å². The lowest BCUT2D eigenvalue weighted by atomic mass is 9.43. The van der Waals surface area contributed by atoms with E-state index < -0.39 is 5.60 Å². The molecule has 0 aromatic heterocycles. The van der Waals surface area contributed by atoms with Crippen molar-refractivity contribution < 1.29 is 25.5 Å². The minimum absolute atomic E-state index is 0.116. The fourth-order valence-corrected chi connectivity index (χ4v) is 9.22. The molecule has 4 saturated carbocycles. The quantitative estimate of drug-likeness (QED) is 0.425. The van der Waals surface area contributed by atoms with Gasteiger partial charge in [-0.2, -0.15) is 0 Å². The molecule has 5 N–H and O–H groups in total. The average Bonchev–Trinajstić information content (AvgIpc) is 3.08. The molecule has 12 atom stereocenters. The van der Waals surface area contributed by atoms with Crippen LogP contribution in [-0.4, -0.2) is 56.1 Å². The van der Waals surface area contributed by atoms with E-state index in [-0.39, 0.29) is 41.7 Å². The van der Waals surface area contributed by atoms with Crippen LogP contribution in [-0.2, 0) is 0 Å². The normalized spacial score (nSPS) is 51.3. The summed E-state index contributed by atoms with van der Waals surface area (Å²) < 4.78 is 0. The summed E-state index contributed by atoms with van der Waals surface area (Å²) in [6.07, 6.45) is 7.96. The Morgan fingerprint density at radius 3 is 2.41 bits per heavy atom. The van der Waals surface area contributed by atoms with Crippen LogP contribution in [0.3, 0.4) is 0 Å². The summed E-state index contributed by atoms with van der Waals surface area (Å²) in [4.78, 5) is 0. The molecule has 0 aromatic carbocycles. The minimum Gasteiger partial charge on any atom is -0.393 e. The second-order valence-corrected chi connectivity index (χ2v) is 13.1. The van der Waals surface area contributed by atoms with Crippen molar-refractivity contribution in [2.24, 2.45) is 46.3 Å². The fourth-order valence-electron chi connectivity index (χ4n) is 9.22. The Morgan fingerprint density at radius 2 is 1.72 bits per heavy atom. The summed E-state index contributed by atoms with van der Waals surface area (Å²) in [7, 11) is 0. The van der Waals surface area contributed by atoms with Gasteiger partial charge in [0.15, 0.2) is 0 Å². The summed E-state index contributed by atoms with van der Waals surface area (Å²) in [6.45, 7) is 8.45. The van der Waals surface area contributed by atoms with Crippen LogP contribution in [0.4, 0.5) is 0 Å². The van der Waals surface area contributed by atoms with Gasteiger partial charge in [-0.3, -0.25) is 0 Å². The zero-order chi connectivity index (χ0) is 23.5. The highest BCUT2D eigenvalue weighted by Crippen LogP contribution is 2.68. The van der Waals surface area contributed by atoms with Gasteiger partial charge in [-0.05, 0) is 105 Å². The number of rotatable bonds is 6. The van der Waals surface area contributed by atoms with E-state index in [1.165, 1.54) is 0 Å². The lowest BCUT2D eigenvalue weighted by Crippen LogP contribution is -2.62. The van der Waals surface area contributed by atoms with Gasteiger partial charge in [0.1, 0.15) is 0 Å². The van der Waals surface area contributed by atoms with Gasteiger partial charge in [-0.25, -0.2) is 0 Å². The van der Waals surface area contributed by atoms with Crippen molar-refractivity contribution >= 4 is 0 Å². The van der Waals surface area contributed by atoms with Crippen LogP contribution >= 0.6 is 0 Å². The van der Waals surface area contributed by atoms with Gasteiger partial charge < -0.3 is 25.5 Å². The number of aliphatic hydroxyl groups is 5. The molecule has 0 saturated heterocycles. The zero-order valence-electron chi connectivity index (χ0n) is 20.7. The third kappa shape index (κ3) is 3.98. The predicted octanol–water partition coefficient (Wildman–Crippen LogP) is 3.50. The summed E-state index contributed by atoms with van der Waals surface area (Å²) in [5.74, 6) is 2.17. The Hall–Kier alpha value is -0.200. The largest absolute Gasteiger partial charge is 0.393 e. The van der Waals surface area contributed by atoms with Crippen molar-refractivity contribution in [2.45, 2.75) is 116 Å². The van der Waals surface area contributed by atoms with Gasteiger partial charge in [-0.15, -0.1) is 0 Å². The van der Waals surface area contributed by atoms with Gasteiger partial charge in [-0.1, -0.05) is 33.6 Å². The van der Waals surface area contributed by atoms with Crippen LogP contribution in [0.15, 0.2) is 0 Å². The topological polar surface area (TPSA) is 101 Å². The molecule has 0 amide bonds. The third-order valence-electron chi connectivity index (χ3n) is 11.2. The van der Waals surface area contributed by atoms with E-state index in [4.69, 9.17) is 0 Å². The number of aliphatic hydroxyl groups excluding tert-OH is 4. The Labute approximate surface area is 194 Å². The van der Waals surface area contributed by atoms with E-state index in [2.05, 4.69) is 20.8 Å². The maximum atomic E-state index is 11.6. The first-order valence-corrected chi connectivity index (χ1v) is 13.3. The molecule has 12 unspecified atom stereocenters. The monoisotopic (exact) mass is 452 g/mol. The Morgan fingerprint density at radius 1 is 1.00 bits per heavy atom.